The Balaban J connectivity index is 2.87. The first-order valence-electron chi connectivity index (χ1n) is 5.90. The van der Waals surface area contributed by atoms with Crippen LogP contribution in [0.25, 0.3) is 0 Å². The second-order valence-corrected chi connectivity index (χ2v) is 4.83. The van der Waals surface area contributed by atoms with Crippen molar-refractivity contribution in [2.45, 2.75) is 32.7 Å². The maximum Gasteiger partial charge on any atom is 0.345 e. The van der Waals surface area contributed by atoms with E-state index in [1.54, 1.807) is 13.8 Å². The van der Waals surface area contributed by atoms with Crippen LogP contribution in [-0.2, 0) is 11.2 Å². The summed E-state index contributed by atoms with van der Waals surface area (Å²) < 4.78 is 0. The molecule has 1 heterocycles. The third-order valence-electron chi connectivity index (χ3n) is 2.93. The van der Waals surface area contributed by atoms with Crippen LogP contribution >= 0.6 is 0 Å². The summed E-state index contributed by atoms with van der Waals surface area (Å²) in [6, 6.07) is 0. The number of aromatic amines is 1. The third-order valence-corrected chi connectivity index (χ3v) is 2.93. The molecule has 0 atom stereocenters. The number of nitrogens with one attached hydrogen (secondary N) is 2. The predicted octanol–water partition coefficient (Wildman–Crippen LogP) is -1.21. The van der Waals surface area contributed by atoms with E-state index in [-0.39, 0.29) is 25.5 Å². The maximum absolute atomic E-state index is 11.9. The number of aliphatic hydroxyl groups is 2. The summed E-state index contributed by atoms with van der Waals surface area (Å²) in [5, 5.41) is 20.8. The molecule has 7 nitrogen and oxygen atoms in total. The van der Waals surface area contributed by atoms with Crippen LogP contribution in [0.4, 0.5) is 0 Å². The van der Waals surface area contributed by atoms with Crippen LogP contribution in [0.3, 0.4) is 0 Å². The number of aliphatic hydroxyl groups excluding tert-OH is 2. The summed E-state index contributed by atoms with van der Waals surface area (Å²) in [4.78, 5) is 29.3. The fourth-order valence-electron chi connectivity index (χ4n) is 1.69. The summed E-state index contributed by atoms with van der Waals surface area (Å²) in [5.41, 5.74) is 0.201. The fraction of sp³-hybridized carbons (Fsp3) is 0.583. The van der Waals surface area contributed by atoms with Gasteiger partial charge in [0, 0.05) is 17.0 Å². The molecule has 1 amide bonds. The van der Waals surface area contributed by atoms with Gasteiger partial charge in [0.05, 0.1) is 25.2 Å². The lowest BCUT2D eigenvalue weighted by atomic mass is 10.0. The number of carbonyl (C=O) groups excluding carboxylic acids is 1. The molecule has 1 aromatic rings. The van der Waals surface area contributed by atoms with Gasteiger partial charge in [-0.2, -0.15) is 4.98 Å². The molecule has 1 aromatic heterocycles. The van der Waals surface area contributed by atoms with Crippen molar-refractivity contribution < 1.29 is 15.0 Å². The molecule has 0 saturated carbocycles. The highest BCUT2D eigenvalue weighted by molar-refractivity contribution is 5.79. The zero-order valence-corrected chi connectivity index (χ0v) is 11.3. The summed E-state index contributed by atoms with van der Waals surface area (Å²) in [6.45, 7) is 4.15. The zero-order chi connectivity index (χ0) is 14.6. The molecule has 0 bridgehead atoms. The Kier molecular flexibility index (Phi) is 4.79. The number of H-pyrrole nitrogens is 1. The normalized spacial score (nSPS) is 11.4. The number of hydrogen-bond acceptors (Lipinski definition) is 5. The SMILES string of the molecule is Cc1nc(=O)[nH]c(C)c1CC(=O)NC(C)(CO)CO. The Morgan fingerprint density at radius 1 is 1.37 bits per heavy atom. The van der Waals surface area contributed by atoms with E-state index < -0.39 is 11.2 Å². The molecular formula is C12H19N3O4. The Morgan fingerprint density at radius 2 is 1.95 bits per heavy atom. The summed E-state index contributed by atoms with van der Waals surface area (Å²) in [5.74, 6) is -0.356. The number of carbonyl (C=O) groups is 1. The fourth-order valence-corrected chi connectivity index (χ4v) is 1.69. The van der Waals surface area contributed by atoms with Crippen LogP contribution in [0.1, 0.15) is 23.9 Å². The predicted molar refractivity (Wildman–Crippen MR) is 68.8 cm³/mol. The molecule has 7 heteroatoms. The van der Waals surface area contributed by atoms with Crippen molar-refractivity contribution in [1.29, 1.82) is 0 Å². The Morgan fingerprint density at radius 3 is 2.42 bits per heavy atom. The van der Waals surface area contributed by atoms with E-state index in [0.717, 1.165) is 0 Å². The molecule has 0 aliphatic rings. The maximum atomic E-state index is 11.9. The highest BCUT2D eigenvalue weighted by atomic mass is 16.3. The number of rotatable bonds is 5. The molecule has 0 saturated heterocycles. The molecule has 4 N–H and O–H groups in total. The van der Waals surface area contributed by atoms with Gasteiger partial charge >= 0.3 is 5.69 Å². The number of nitrogens with zero attached hydrogens (tertiary/aromatic N) is 1. The molecule has 0 fully saturated rings. The summed E-state index contributed by atoms with van der Waals surface area (Å²) in [7, 11) is 0. The van der Waals surface area contributed by atoms with Gasteiger partial charge in [-0.05, 0) is 20.8 Å². The van der Waals surface area contributed by atoms with E-state index in [1.807, 2.05) is 0 Å². The number of aromatic nitrogens is 2. The topological polar surface area (TPSA) is 115 Å². The van der Waals surface area contributed by atoms with Gasteiger partial charge in [-0.3, -0.25) is 4.79 Å². The largest absolute Gasteiger partial charge is 0.394 e. The third kappa shape index (κ3) is 3.87. The Labute approximate surface area is 110 Å². The van der Waals surface area contributed by atoms with Gasteiger partial charge in [0.2, 0.25) is 5.91 Å². The van der Waals surface area contributed by atoms with Crippen LogP contribution in [0.5, 0.6) is 0 Å². The standard InChI is InChI=1S/C12H19N3O4/c1-7-9(8(2)14-11(19)13-7)4-10(18)15-12(3,5-16)6-17/h16-17H,4-6H2,1-3H3,(H,15,18)(H,13,14,19). The lowest BCUT2D eigenvalue weighted by Gasteiger charge is -2.26. The smallest absolute Gasteiger partial charge is 0.345 e. The zero-order valence-electron chi connectivity index (χ0n) is 11.3. The van der Waals surface area contributed by atoms with Crippen LogP contribution in [0, 0.1) is 13.8 Å². The van der Waals surface area contributed by atoms with E-state index >= 15 is 0 Å². The van der Waals surface area contributed by atoms with Gasteiger partial charge in [0.1, 0.15) is 0 Å². The molecular weight excluding hydrogens is 250 g/mol. The number of aryl methyl sites for hydroxylation is 2. The van der Waals surface area contributed by atoms with E-state index in [9.17, 15) is 9.59 Å². The van der Waals surface area contributed by atoms with Crippen molar-refractivity contribution in [2.75, 3.05) is 13.2 Å². The highest BCUT2D eigenvalue weighted by Crippen LogP contribution is 2.09. The van der Waals surface area contributed by atoms with E-state index in [2.05, 4.69) is 15.3 Å². The van der Waals surface area contributed by atoms with Gasteiger partial charge in [-0.1, -0.05) is 0 Å². The quantitative estimate of drug-likeness (QED) is 0.535. The summed E-state index contributed by atoms with van der Waals surface area (Å²) >= 11 is 0. The van der Waals surface area contributed by atoms with Gasteiger partial charge in [-0.25, -0.2) is 4.79 Å². The molecule has 106 valence electrons. The average Bonchev–Trinajstić information content (AvgIpc) is 2.33. The van der Waals surface area contributed by atoms with E-state index in [4.69, 9.17) is 10.2 Å². The average molecular weight is 269 g/mol. The minimum absolute atomic E-state index is 0.0248. The van der Waals surface area contributed by atoms with Crippen molar-refractivity contribution in [3.63, 3.8) is 0 Å². The lowest BCUT2D eigenvalue weighted by Crippen LogP contribution is -2.52. The van der Waals surface area contributed by atoms with Gasteiger partial charge in [0.15, 0.2) is 0 Å². The summed E-state index contributed by atoms with van der Waals surface area (Å²) in [6.07, 6.45) is 0.0248. The van der Waals surface area contributed by atoms with E-state index in [0.29, 0.717) is 17.0 Å². The van der Waals surface area contributed by atoms with Gasteiger partial charge in [-0.15, -0.1) is 0 Å². The molecule has 0 aliphatic heterocycles. The number of amides is 1. The second kappa shape index (κ2) is 5.94. The first-order chi connectivity index (χ1) is 8.81. The van der Waals surface area contributed by atoms with Crippen LogP contribution in [-0.4, -0.2) is 44.8 Å². The molecule has 0 aliphatic carbocycles. The highest BCUT2D eigenvalue weighted by Gasteiger charge is 2.25. The van der Waals surface area contributed by atoms with Gasteiger partial charge < -0.3 is 20.5 Å². The van der Waals surface area contributed by atoms with Crippen LogP contribution in [0.2, 0.25) is 0 Å². The molecule has 19 heavy (non-hydrogen) atoms. The first kappa shape index (κ1) is 15.3. The Bertz CT molecular complexity index is 494. The molecule has 0 radical (unpaired) electrons. The van der Waals surface area contributed by atoms with Crippen molar-refractivity contribution >= 4 is 5.91 Å². The van der Waals surface area contributed by atoms with Crippen molar-refractivity contribution in [2.24, 2.45) is 0 Å². The number of hydrogen-bond donors (Lipinski definition) is 4. The molecule has 0 spiro atoms. The molecule has 0 unspecified atom stereocenters. The molecule has 0 aromatic carbocycles. The lowest BCUT2D eigenvalue weighted by molar-refractivity contribution is -0.123. The minimum Gasteiger partial charge on any atom is -0.394 e. The van der Waals surface area contributed by atoms with Crippen molar-refractivity contribution in [1.82, 2.24) is 15.3 Å². The Hall–Kier alpha value is -1.73. The monoisotopic (exact) mass is 269 g/mol. The van der Waals surface area contributed by atoms with E-state index in [1.165, 1.54) is 6.92 Å². The minimum atomic E-state index is -1.06. The second-order valence-electron chi connectivity index (χ2n) is 4.83. The van der Waals surface area contributed by atoms with Gasteiger partial charge in [0.25, 0.3) is 0 Å². The van der Waals surface area contributed by atoms with Crippen molar-refractivity contribution in [3.05, 3.63) is 27.4 Å². The molecule has 1 rings (SSSR count). The van der Waals surface area contributed by atoms with Crippen LogP contribution < -0.4 is 11.0 Å². The first-order valence-corrected chi connectivity index (χ1v) is 5.90. The van der Waals surface area contributed by atoms with Crippen molar-refractivity contribution in [3.8, 4) is 0 Å². The van der Waals surface area contributed by atoms with Crippen LogP contribution in [0.15, 0.2) is 4.79 Å².